The van der Waals surface area contributed by atoms with E-state index in [9.17, 15) is 18.0 Å². The Bertz CT molecular complexity index is 1120. The molecule has 0 saturated heterocycles. The van der Waals surface area contributed by atoms with Crippen molar-refractivity contribution in [3.05, 3.63) is 35.4 Å². The van der Waals surface area contributed by atoms with Crippen LogP contribution in [0.1, 0.15) is 59.8 Å². The zero-order valence-corrected chi connectivity index (χ0v) is 16.9. The Labute approximate surface area is 175 Å². The maximum absolute atomic E-state index is 13.3. The fourth-order valence-electron chi connectivity index (χ4n) is 4.09. The summed E-state index contributed by atoms with van der Waals surface area (Å²) in [5.74, 6) is -0.823. The SMILES string of the molecule is Cn1cc(NC(=O)c2c(C3CCCCCC3N)nn3ccc(N)nc23)c(C(F)(F)F)n1. The number of anilines is 2. The van der Waals surface area contributed by atoms with E-state index in [4.69, 9.17) is 11.5 Å². The normalized spacial score (nSPS) is 20.0. The molecule has 0 aliphatic heterocycles. The lowest BCUT2D eigenvalue weighted by Crippen LogP contribution is -2.29. The molecule has 3 aromatic heterocycles. The van der Waals surface area contributed by atoms with Crippen molar-refractivity contribution in [1.29, 1.82) is 0 Å². The molecule has 12 heteroatoms. The fraction of sp³-hybridized carbons (Fsp3) is 0.474. The summed E-state index contributed by atoms with van der Waals surface area (Å²) in [7, 11) is 1.35. The molecule has 1 aliphatic carbocycles. The van der Waals surface area contributed by atoms with Crippen LogP contribution in [0.4, 0.5) is 24.7 Å². The van der Waals surface area contributed by atoms with Crippen LogP contribution in [0.15, 0.2) is 18.5 Å². The van der Waals surface area contributed by atoms with Crippen LogP contribution in [0.25, 0.3) is 5.65 Å². The molecule has 31 heavy (non-hydrogen) atoms. The minimum atomic E-state index is -4.72. The Kier molecular flexibility index (Phi) is 5.33. The van der Waals surface area contributed by atoms with Crippen LogP contribution in [-0.2, 0) is 13.2 Å². The number of aryl methyl sites for hydroxylation is 1. The third-order valence-electron chi connectivity index (χ3n) is 5.53. The average molecular weight is 436 g/mol. The number of aromatic nitrogens is 5. The molecule has 4 rings (SSSR count). The van der Waals surface area contributed by atoms with Gasteiger partial charge in [0.25, 0.3) is 5.91 Å². The molecule has 9 nitrogen and oxygen atoms in total. The number of nitrogens with two attached hydrogens (primary N) is 2. The number of nitrogen functional groups attached to an aromatic ring is 1. The van der Waals surface area contributed by atoms with Crippen LogP contribution < -0.4 is 16.8 Å². The lowest BCUT2D eigenvalue weighted by Gasteiger charge is -2.20. The molecule has 5 N–H and O–H groups in total. The van der Waals surface area contributed by atoms with E-state index in [-0.39, 0.29) is 29.0 Å². The Morgan fingerprint density at radius 2 is 1.97 bits per heavy atom. The number of hydrogen-bond acceptors (Lipinski definition) is 6. The number of carbonyl (C=O) groups is 1. The Morgan fingerprint density at radius 1 is 1.23 bits per heavy atom. The summed E-state index contributed by atoms with van der Waals surface area (Å²) in [6, 6.07) is 1.31. The molecular weight excluding hydrogens is 413 g/mol. The van der Waals surface area contributed by atoms with E-state index in [0.29, 0.717) is 5.69 Å². The van der Waals surface area contributed by atoms with Crippen molar-refractivity contribution in [3.63, 3.8) is 0 Å². The van der Waals surface area contributed by atoms with Crippen molar-refractivity contribution in [2.75, 3.05) is 11.1 Å². The first-order valence-electron chi connectivity index (χ1n) is 9.97. The first-order valence-corrected chi connectivity index (χ1v) is 9.97. The van der Waals surface area contributed by atoms with Gasteiger partial charge in [-0.05, 0) is 18.9 Å². The lowest BCUT2D eigenvalue weighted by atomic mass is 9.89. The molecular formula is C19H23F3N8O. The highest BCUT2D eigenvalue weighted by Gasteiger charge is 2.38. The van der Waals surface area contributed by atoms with Gasteiger partial charge in [-0.25, -0.2) is 9.50 Å². The zero-order valence-electron chi connectivity index (χ0n) is 16.9. The van der Waals surface area contributed by atoms with Gasteiger partial charge in [0.15, 0.2) is 11.3 Å². The monoisotopic (exact) mass is 436 g/mol. The third kappa shape index (κ3) is 4.07. The minimum Gasteiger partial charge on any atom is -0.384 e. The van der Waals surface area contributed by atoms with Crippen molar-refractivity contribution >= 4 is 23.1 Å². The van der Waals surface area contributed by atoms with Crippen LogP contribution in [-0.4, -0.2) is 36.3 Å². The first kappa shape index (κ1) is 21.1. The van der Waals surface area contributed by atoms with E-state index in [1.54, 1.807) is 6.20 Å². The summed E-state index contributed by atoms with van der Waals surface area (Å²) in [6.45, 7) is 0. The second kappa shape index (κ2) is 7.84. The van der Waals surface area contributed by atoms with Crippen molar-refractivity contribution in [1.82, 2.24) is 24.4 Å². The van der Waals surface area contributed by atoms with Gasteiger partial charge in [-0.1, -0.05) is 19.3 Å². The van der Waals surface area contributed by atoms with Crippen LogP contribution in [0.2, 0.25) is 0 Å². The van der Waals surface area contributed by atoms with Crippen molar-refractivity contribution < 1.29 is 18.0 Å². The van der Waals surface area contributed by atoms with Crippen molar-refractivity contribution in [3.8, 4) is 0 Å². The fourth-order valence-corrected chi connectivity index (χ4v) is 4.09. The molecule has 1 amide bonds. The standard InChI is InChI=1S/C19H23F3N8O/c1-29-9-12(16(28-29)19(20,21)22)25-18(31)14-15(10-5-3-2-4-6-11(10)23)27-30-8-7-13(24)26-17(14)30/h7-11H,2-6,23H2,1H3,(H2,24,26)(H,25,31). The largest absolute Gasteiger partial charge is 0.437 e. The number of nitrogens with one attached hydrogen (secondary N) is 1. The van der Waals surface area contributed by atoms with E-state index < -0.39 is 23.5 Å². The second-order valence-electron chi connectivity index (χ2n) is 7.81. The molecule has 166 valence electrons. The van der Waals surface area contributed by atoms with E-state index in [1.807, 2.05) is 0 Å². The maximum Gasteiger partial charge on any atom is 0.437 e. The lowest BCUT2D eigenvalue weighted by molar-refractivity contribution is -0.140. The Hall–Kier alpha value is -3.15. The van der Waals surface area contributed by atoms with E-state index in [0.717, 1.165) is 43.0 Å². The Balaban J connectivity index is 1.81. The minimum absolute atomic E-state index is 0.0756. The Morgan fingerprint density at radius 3 is 2.71 bits per heavy atom. The number of nitrogens with zero attached hydrogens (tertiary/aromatic N) is 5. The molecule has 0 aromatic carbocycles. The number of amides is 1. The van der Waals surface area contributed by atoms with E-state index in [1.165, 1.54) is 17.6 Å². The number of rotatable bonds is 3. The van der Waals surface area contributed by atoms with Gasteiger partial charge >= 0.3 is 6.18 Å². The molecule has 0 spiro atoms. The molecule has 1 aliphatic rings. The average Bonchev–Trinajstić information content (AvgIpc) is 3.16. The third-order valence-corrected chi connectivity index (χ3v) is 5.53. The molecule has 0 bridgehead atoms. The number of hydrogen-bond donors (Lipinski definition) is 3. The number of halogens is 3. The summed E-state index contributed by atoms with van der Waals surface area (Å²) in [5, 5.41) is 10.3. The van der Waals surface area contributed by atoms with Gasteiger partial charge in [0, 0.05) is 31.4 Å². The van der Waals surface area contributed by atoms with Gasteiger partial charge in [0.05, 0.1) is 11.4 Å². The summed E-state index contributed by atoms with van der Waals surface area (Å²) in [5.41, 5.74) is 11.2. The van der Waals surface area contributed by atoms with Gasteiger partial charge in [0.1, 0.15) is 11.4 Å². The zero-order chi connectivity index (χ0) is 22.3. The molecule has 3 aromatic rings. The van der Waals surface area contributed by atoms with Gasteiger partial charge in [-0.15, -0.1) is 0 Å². The second-order valence-corrected chi connectivity index (χ2v) is 7.81. The molecule has 1 saturated carbocycles. The van der Waals surface area contributed by atoms with Crippen LogP contribution >= 0.6 is 0 Å². The highest BCUT2D eigenvalue weighted by Crippen LogP contribution is 2.36. The van der Waals surface area contributed by atoms with Crippen molar-refractivity contribution in [2.45, 2.75) is 50.2 Å². The smallest absolute Gasteiger partial charge is 0.384 e. The van der Waals surface area contributed by atoms with E-state index >= 15 is 0 Å². The summed E-state index contributed by atoms with van der Waals surface area (Å²) < 4.78 is 42.4. The quantitative estimate of drug-likeness (QED) is 0.542. The molecule has 1 fully saturated rings. The molecule has 2 atom stereocenters. The number of alkyl halides is 3. The van der Waals surface area contributed by atoms with E-state index in [2.05, 4.69) is 20.5 Å². The van der Waals surface area contributed by atoms with Gasteiger partial charge < -0.3 is 16.8 Å². The summed E-state index contributed by atoms with van der Waals surface area (Å²) in [4.78, 5) is 17.5. The van der Waals surface area contributed by atoms with Crippen LogP contribution in [0, 0.1) is 0 Å². The predicted molar refractivity (Wildman–Crippen MR) is 107 cm³/mol. The van der Waals surface area contributed by atoms with Gasteiger partial charge in [-0.2, -0.15) is 23.4 Å². The highest BCUT2D eigenvalue weighted by molar-refractivity contribution is 6.09. The molecule has 2 unspecified atom stereocenters. The van der Waals surface area contributed by atoms with Crippen LogP contribution in [0.3, 0.4) is 0 Å². The molecule has 0 radical (unpaired) electrons. The van der Waals surface area contributed by atoms with Crippen LogP contribution in [0.5, 0.6) is 0 Å². The molecule has 3 heterocycles. The maximum atomic E-state index is 13.3. The summed E-state index contributed by atoms with van der Waals surface area (Å²) in [6.07, 6.45) is 2.36. The van der Waals surface area contributed by atoms with Gasteiger partial charge in [0.2, 0.25) is 0 Å². The predicted octanol–water partition coefficient (Wildman–Crippen LogP) is 2.69. The first-order chi connectivity index (χ1) is 14.6. The van der Waals surface area contributed by atoms with Crippen molar-refractivity contribution in [2.24, 2.45) is 12.8 Å². The van der Waals surface area contributed by atoms with Gasteiger partial charge in [-0.3, -0.25) is 9.48 Å². The highest BCUT2D eigenvalue weighted by atomic mass is 19.4. The topological polar surface area (TPSA) is 129 Å². The summed E-state index contributed by atoms with van der Waals surface area (Å²) >= 11 is 0. The number of carbonyl (C=O) groups excluding carboxylic acids is 1. The number of fused-ring (bicyclic) bond motifs is 1.